The molecule has 0 radical (unpaired) electrons. The van der Waals surface area contributed by atoms with E-state index >= 15 is 0 Å². The van der Waals surface area contributed by atoms with Crippen LogP contribution >= 0.6 is 23.1 Å². The molecule has 3 rings (SSSR count). The number of hydrogen-bond acceptors (Lipinski definition) is 7. The second-order valence-electron chi connectivity index (χ2n) is 4.99. The molecule has 1 aromatic heterocycles. The summed E-state index contributed by atoms with van der Waals surface area (Å²) in [5.41, 5.74) is 1.81. The van der Waals surface area contributed by atoms with Gasteiger partial charge in [-0.25, -0.2) is 0 Å². The minimum absolute atomic E-state index is 0.300. The number of thioether (sulfide) groups is 1. The molecule has 1 fully saturated rings. The molecule has 0 saturated carbocycles. The molecule has 0 aliphatic carbocycles. The van der Waals surface area contributed by atoms with Crippen molar-refractivity contribution < 1.29 is 4.74 Å². The molecule has 2 aromatic rings. The van der Waals surface area contributed by atoms with E-state index in [2.05, 4.69) is 21.6 Å². The van der Waals surface area contributed by atoms with E-state index in [0.29, 0.717) is 11.7 Å². The van der Waals surface area contributed by atoms with Crippen LogP contribution in [-0.4, -0.2) is 29.5 Å². The number of nitrogens with one attached hydrogen (secondary N) is 1. The smallest absolute Gasteiger partial charge is 0.206 e. The van der Waals surface area contributed by atoms with Crippen molar-refractivity contribution in [1.29, 1.82) is 5.26 Å². The summed E-state index contributed by atoms with van der Waals surface area (Å²) in [5, 5.41) is 21.4. The zero-order valence-electron chi connectivity index (χ0n) is 12.0. The first-order valence-corrected chi connectivity index (χ1v) is 8.94. The van der Waals surface area contributed by atoms with Crippen LogP contribution in [0.25, 0.3) is 0 Å². The Labute approximate surface area is 137 Å². The maximum atomic E-state index is 8.90. The van der Waals surface area contributed by atoms with Crippen LogP contribution in [0.2, 0.25) is 0 Å². The first-order valence-electron chi connectivity index (χ1n) is 7.14. The molecule has 1 aromatic carbocycles. The predicted octanol–water partition coefficient (Wildman–Crippen LogP) is 3.29. The van der Waals surface area contributed by atoms with Gasteiger partial charge >= 0.3 is 0 Å². The highest BCUT2D eigenvalue weighted by Crippen LogP contribution is 2.28. The van der Waals surface area contributed by atoms with Crippen LogP contribution in [0.15, 0.2) is 28.6 Å². The largest absolute Gasteiger partial charge is 0.376 e. The van der Waals surface area contributed by atoms with Crippen molar-refractivity contribution >= 4 is 28.2 Å². The SMILES string of the molecule is N#Cc1cccc(CSc2nnc(NCC3CCCO3)s2)c1. The maximum absolute atomic E-state index is 8.90. The molecule has 1 N–H and O–H groups in total. The normalized spacial score (nSPS) is 17.3. The number of benzene rings is 1. The third-order valence-electron chi connectivity index (χ3n) is 3.33. The van der Waals surface area contributed by atoms with Crippen molar-refractivity contribution in [2.24, 2.45) is 0 Å². The van der Waals surface area contributed by atoms with E-state index in [1.165, 1.54) is 0 Å². The fraction of sp³-hybridized carbons (Fsp3) is 0.400. The van der Waals surface area contributed by atoms with Gasteiger partial charge in [-0.2, -0.15) is 5.26 Å². The van der Waals surface area contributed by atoms with E-state index in [-0.39, 0.29) is 0 Å². The summed E-state index contributed by atoms with van der Waals surface area (Å²) in [4.78, 5) is 0. The number of rotatable bonds is 6. The third-order valence-corrected chi connectivity index (χ3v) is 5.42. The summed E-state index contributed by atoms with van der Waals surface area (Å²) in [6, 6.07) is 9.80. The van der Waals surface area contributed by atoms with Crippen molar-refractivity contribution in [3.8, 4) is 6.07 Å². The predicted molar refractivity (Wildman–Crippen MR) is 88.1 cm³/mol. The highest BCUT2D eigenvalue weighted by atomic mass is 32.2. The molecule has 1 atom stereocenters. The standard InChI is InChI=1S/C15H16N4OS2/c16-8-11-3-1-4-12(7-11)10-21-15-19-18-14(22-15)17-9-13-5-2-6-20-13/h1,3-4,7,13H,2,5-6,9-10H2,(H,17,18). The minimum atomic E-state index is 0.300. The summed E-state index contributed by atoms with van der Waals surface area (Å²) < 4.78 is 6.50. The topological polar surface area (TPSA) is 70.8 Å². The van der Waals surface area contributed by atoms with Crippen molar-refractivity contribution in [1.82, 2.24) is 10.2 Å². The Morgan fingerprint density at radius 1 is 1.45 bits per heavy atom. The molecular weight excluding hydrogens is 316 g/mol. The average Bonchev–Trinajstić information content (AvgIpc) is 3.22. The van der Waals surface area contributed by atoms with Gasteiger partial charge in [-0.15, -0.1) is 10.2 Å². The molecule has 0 amide bonds. The summed E-state index contributed by atoms with van der Waals surface area (Å²) in [6.45, 7) is 1.66. The molecule has 1 aliphatic rings. The molecule has 5 nitrogen and oxygen atoms in total. The summed E-state index contributed by atoms with van der Waals surface area (Å²) in [6.07, 6.45) is 2.56. The average molecular weight is 332 g/mol. The van der Waals surface area contributed by atoms with Crippen LogP contribution in [0.1, 0.15) is 24.0 Å². The number of ether oxygens (including phenoxy) is 1. The fourth-order valence-corrected chi connectivity index (χ4v) is 3.92. The van der Waals surface area contributed by atoms with Crippen LogP contribution in [-0.2, 0) is 10.5 Å². The second-order valence-corrected chi connectivity index (χ2v) is 7.19. The van der Waals surface area contributed by atoms with E-state index in [4.69, 9.17) is 10.00 Å². The third kappa shape index (κ3) is 4.19. The fourth-order valence-electron chi connectivity index (χ4n) is 2.22. The van der Waals surface area contributed by atoms with Crippen LogP contribution in [0.5, 0.6) is 0 Å². The summed E-state index contributed by atoms with van der Waals surface area (Å²) in [5.74, 6) is 0.788. The molecule has 22 heavy (non-hydrogen) atoms. The lowest BCUT2D eigenvalue weighted by Crippen LogP contribution is -2.18. The second kappa shape index (κ2) is 7.58. The lowest BCUT2D eigenvalue weighted by molar-refractivity contribution is 0.120. The molecule has 0 spiro atoms. The van der Waals surface area contributed by atoms with Gasteiger partial charge < -0.3 is 10.1 Å². The Morgan fingerprint density at radius 2 is 2.41 bits per heavy atom. The van der Waals surface area contributed by atoms with Gasteiger partial charge in [0.15, 0.2) is 4.34 Å². The molecular formula is C15H16N4OS2. The molecule has 7 heteroatoms. The van der Waals surface area contributed by atoms with E-state index < -0.39 is 0 Å². The zero-order valence-corrected chi connectivity index (χ0v) is 13.6. The highest BCUT2D eigenvalue weighted by molar-refractivity contribution is 8.00. The van der Waals surface area contributed by atoms with Crippen molar-refractivity contribution in [2.45, 2.75) is 29.0 Å². The van der Waals surface area contributed by atoms with Gasteiger partial charge in [0.25, 0.3) is 0 Å². The quantitative estimate of drug-likeness (QED) is 0.819. The van der Waals surface area contributed by atoms with Crippen molar-refractivity contribution in [3.63, 3.8) is 0 Å². The Hall–Kier alpha value is -1.62. The van der Waals surface area contributed by atoms with Gasteiger partial charge in [0.2, 0.25) is 5.13 Å². The lowest BCUT2D eigenvalue weighted by atomic mass is 10.2. The minimum Gasteiger partial charge on any atom is -0.376 e. The van der Waals surface area contributed by atoms with Crippen LogP contribution in [0.3, 0.4) is 0 Å². The number of anilines is 1. The lowest BCUT2D eigenvalue weighted by Gasteiger charge is -2.08. The van der Waals surface area contributed by atoms with E-state index in [9.17, 15) is 0 Å². The Morgan fingerprint density at radius 3 is 3.23 bits per heavy atom. The summed E-state index contributed by atoms with van der Waals surface area (Å²) in [7, 11) is 0. The van der Waals surface area contributed by atoms with Gasteiger partial charge in [0, 0.05) is 18.9 Å². The van der Waals surface area contributed by atoms with Gasteiger partial charge in [0.05, 0.1) is 17.7 Å². The first-order chi connectivity index (χ1) is 10.8. The van der Waals surface area contributed by atoms with Gasteiger partial charge in [-0.05, 0) is 30.5 Å². The van der Waals surface area contributed by atoms with Gasteiger partial charge in [0.1, 0.15) is 0 Å². The molecule has 1 aliphatic heterocycles. The molecule has 2 heterocycles. The van der Waals surface area contributed by atoms with E-state index in [0.717, 1.165) is 46.8 Å². The van der Waals surface area contributed by atoms with Crippen molar-refractivity contribution in [3.05, 3.63) is 35.4 Å². The van der Waals surface area contributed by atoms with Crippen molar-refractivity contribution in [2.75, 3.05) is 18.5 Å². The monoisotopic (exact) mass is 332 g/mol. The highest BCUT2D eigenvalue weighted by Gasteiger charge is 2.15. The molecule has 114 valence electrons. The van der Waals surface area contributed by atoms with Gasteiger partial charge in [-0.1, -0.05) is 35.2 Å². The summed E-state index contributed by atoms with van der Waals surface area (Å²) >= 11 is 3.19. The Balaban J connectivity index is 1.49. The first kappa shape index (κ1) is 15.3. The molecule has 1 saturated heterocycles. The van der Waals surface area contributed by atoms with Crippen LogP contribution in [0, 0.1) is 11.3 Å². The zero-order chi connectivity index (χ0) is 15.2. The van der Waals surface area contributed by atoms with E-state index in [1.54, 1.807) is 23.1 Å². The number of aromatic nitrogens is 2. The van der Waals surface area contributed by atoms with E-state index in [1.807, 2.05) is 24.3 Å². The van der Waals surface area contributed by atoms with Gasteiger partial charge in [-0.3, -0.25) is 0 Å². The molecule has 1 unspecified atom stereocenters. The number of nitrogens with zero attached hydrogens (tertiary/aromatic N) is 3. The number of hydrogen-bond donors (Lipinski definition) is 1. The maximum Gasteiger partial charge on any atom is 0.206 e. The number of nitriles is 1. The Bertz CT molecular complexity index is 662. The van der Waals surface area contributed by atoms with Crippen LogP contribution in [0.4, 0.5) is 5.13 Å². The molecule has 0 bridgehead atoms. The van der Waals surface area contributed by atoms with Crippen LogP contribution < -0.4 is 5.32 Å². The Kier molecular flexibility index (Phi) is 5.27.